The summed E-state index contributed by atoms with van der Waals surface area (Å²) in [4.78, 5) is 19.4. The summed E-state index contributed by atoms with van der Waals surface area (Å²) in [5.41, 5.74) is 0.606. The van der Waals surface area contributed by atoms with Gasteiger partial charge in [0.25, 0.3) is 5.91 Å². The van der Waals surface area contributed by atoms with Crippen molar-refractivity contribution >= 4 is 5.91 Å². The molecule has 2 aliphatic heterocycles. The molecular weight excluding hydrogens is 308 g/mol. The molecule has 1 N–H and O–H groups in total. The largest absolute Gasteiger partial charge is 0.454 e. The van der Waals surface area contributed by atoms with Crippen LogP contribution in [0.15, 0.2) is 18.2 Å². The number of rotatable bonds is 3. The second-order valence-corrected chi connectivity index (χ2v) is 6.46. The van der Waals surface area contributed by atoms with Crippen molar-refractivity contribution in [1.29, 1.82) is 0 Å². The van der Waals surface area contributed by atoms with Crippen molar-refractivity contribution in [3.8, 4) is 11.5 Å². The highest BCUT2D eigenvalue weighted by molar-refractivity contribution is 5.95. The Kier molecular flexibility index (Phi) is 3.63. The van der Waals surface area contributed by atoms with E-state index >= 15 is 0 Å². The molecule has 3 heterocycles. The number of hydrogen-bond acceptors (Lipinski definition) is 5. The maximum absolute atomic E-state index is 12.9. The molecule has 4 rings (SSSR count). The highest BCUT2D eigenvalue weighted by Gasteiger charge is 2.33. The maximum Gasteiger partial charge on any atom is 0.254 e. The van der Waals surface area contributed by atoms with E-state index in [1.54, 1.807) is 18.2 Å². The van der Waals surface area contributed by atoms with Gasteiger partial charge in [0.1, 0.15) is 5.82 Å². The summed E-state index contributed by atoms with van der Waals surface area (Å²) < 4.78 is 10.7. The Labute approximate surface area is 140 Å². The predicted octanol–water partition coefficient (Wildman–Crippen LogP) is 2.63. The lowest BCUT2D eigenvalue weighted by Gasteiger charge is -2.23. The molecule has 126 valence electrons. The quantitative estimate of drug-likeness (QED) is 0.937. The minimum atomic E-state index is -0.0528. The summed E-state index contributed by atoms with van der Waals surface area (Å²) in [5.74, 6) is 3.10. The third-order valence-corrected chi connectivity index (χ3v) is 4.49. The van der Waals surface area contributed by atoms with E-state index in [0.29, 0.717) is 17.1 Å². The van der Waals surface area contributed by atoms with Gasteiger partial charge in [0.05, 0.1) is 6.04 Å². The van der Waals surface area contributed by atoms with Crippen molar-refractivity contribution in [1.82, 2.24) is 20.1 Å². The second kappa shape index (κ2) is 5.81. The Morgan fingerprint density at radius 2 is 2.17 bits per heavy atom. The average Bonchev–Trinajstić information content (AvgIpc) is 3.31. The number of ether oxygens (including phenoxy) is 2. The number of fused-ring (bicyclic) bond motifs is 1. The van der Waals surface area contributed by atoms with E-state index in [9.17, 15) is 4.79 Å². The fraction of sp³-hybridized carbons (Fsp3) is 0.471. The number of nitrogens with zero attached hydrogens (tertiary/aromatic N) is 3. The molecule has 1 atom stereocenters. The zero-order chi connectivity index (χ0) is 16.7. The SMILES string of the molecule is CC(C)c1n[nH]c(C2CCCN2C(=O)c2ccc3c(c2)OCO3)n1. The van der Waals surface area contributed by atoms with Crippen molar-refractivity contribution in [3.05, 3.63) is 35.4 Å². The van der Waals surface area contributed by atoms with Gasteiger partial charge in [-0.05, 0) is 31.0 Å². The number of nitrogens with one attached hydrogen (secondary N) is 1. The smallest absolute Gasteiger partial charge is 0.254 e. The number of aromatic nitrogens is 3. The predicted molar refractivity (Wildman–Crippen MR) is 86.0 cm³/mol. The van der Waals surface area contributed by atoms with Gasteiger partial charge in [-0.2, -0.15) is 5.10 Å². The molecule has 2 aliphatic rings. The molecule has 0 aliphatic carbocycles. The Morgan fingerprint density at radius 1 is 1.33 bits per heavy atom. The van der Waals surface area contributed by atoms with Crippen molar-refractivity contribution in [2.45, 2.75) is 38.6 Å². The van der Waals surface area contributed by atoms with Crippen LogP contribution in [-0.2, 0) is 0 Å². The Bertz CT molecular complexity index is 771. The van der Waals surface area contributed by atoms with E-state index in [-0.39, 0.29) is 24.7 Å². The van der Waals surface area contributed by atoms with E-state index in [1.807, 2.05) is 4.90 Å². The molecule has 7 nitrogen and oxygen atoms in total. The highest BCUT2D eigenvalue weighted by atomic mass is 16.7. The molecule has 1 aromatic heterocycles. The number of hydrogen-bond donors (Lipinski definition) is 1. The summed E-state index contributed by atoms with van der Waals surface area (Å²) in [6.45, 7) is 5.03. The number of benzene rings is 1. The number of carbonyl (C=O) groups is 1. The first-order valence-electron chi connectivity index (χ1n) is 8.26. The van der Waals surface area contributed by atoms with Crippen LogP contribution in [0.1, 0.15) is 60.7 Å². The van der Waals surface area contributed by atoms with Crippen LogP contribution in [0.3, 0.4) is 0 Å². The summed E-state index contributed by atoms with van der Waals surface area (Å²) in [5, 5.41) is 7.27. The third kappa shape index (κ3) is 2.50. The topological polar surface area (TPSA) is 80.3 Å². The first-order chi connectivity index (χ1) is 11.6. The first-order valence-corrected chi connectivity index (χ1v) is 8.26. The number of aromatic amines is 1. The van der Waals surface area contributed by atoms with Crippen molar-refractivity contribution < 1.29 is 14.3 Å². The van der Waals surface area contributed by atoms with Gasteiger partial charge < -0.3 is 14.4 Å². The Hall–Kier alpha value is -2.57. The molecule has 1 unspecified atom stereocenters. The first kappa shape index (κ1) is 15.0. The molecular formula is C17H20N4O3. The van der Waals surface area contributed by atoms with Crippen LogP contribution in [0.2, 0.25) is 0 Å². The lowest BCUT2D eigenvalue weighted by molar-refractivity contribution is 0.0729. The molecule has 1 saturated heterocycles. The molecule has 7 heteroatoms. The van der Waals surface area contributed by atoms with Crippen molar-refractivity contribution in [2.24, 2.45) is 0 Å². The molecule has 1 amide bonds. The van der Waals surface area contributed by atoms with Crippen LogP contribution in [0, 0.1) is 0 Å². The molecule has 1 fully saturated rings. The summed E-state index contributed by atoms with van der Waals surface area (Å²) >= 11 is 0. The fourth-order valence-electron chi connectivity index (χ4n) is 3.18. The van der Waals surface area contributed by atoms with E-state index in [1.165, 1.54) is 0 Å². The Morgan fingerprint density at radius 3 is 2.96 bits per heavy atom. The third-order valence-electron chi connectivity index (χ3n) is 4.49. The van der Waals surface area contributed by atoms with Crippen LogP contribution in [-0.4, -0.2) is 39.3 Å². The lowest BCUT2D eigenvalue weighted by atomic mass is 10.1. The molecule has 0 saturated carbocycles. The van der Waals surface area contributed by atoms with Gasteiger partial charge in [0.15, 0.2) is 17.3 Å². The molecule has 1 aromatic carbocycles. The average molecular weight is 328 g/mol. The van der Waals surface area contributed by atoms with E-state index in [4.69, 9.17) is 9.47 Å². The number of carbonyl (C=O) groups excluding carboxylic acids is 1. The van der Waals surface area contributed by atoms with Gasteiger partial charge in [-0.1, -0.05) is 13.8 Å². The van der Waals surface area contributed by atoms with Crippen molar-refractivity contribution in [3.63, 3.8) is 0 Å². The van der Waals surface area contributed by atoms with Crippen LogP contribution < -0.4 is 9.47 Å². The van der Waals surface area contributed by atoms with Crippen LogP contribution in [0.25, 0.3) is 0 Å². The number of amides is 1. The fourth-order valence-corrected chi connectivity index (χ4v) is 3.18. The highest BCUT2D eigenvalue weighted by Crippen LogP contribution is 2.35. The maximum atomic E-state index is 12.9. The summed E-state index contributed by atoms with van der Waals surface area (Å²) in [6.07, 6.45) is 1.85. The van der Waals surface area contributed by atoms with Crippen LogP contribution in [0.5, 0.6) is 11.5 Å². The van der Waals surface area contributed by atoms with Gasteiger partial charge in [-0.15, -0.1) is 0 Å². The monoisotopic (exact) mass is 328 g/mol. The van der Waals surface area contributed by atoms with Gasteiger partial charge in [0.2, 0.25) is 6.79 Å². The number of H-pyrrole nitrogens is 1. The standard InChI is InChI=1S/C17H20N4O3/c1-10(2)15-18-16(20-19-15)12-4-3-7-21(12)17(22)11-5-6-13-14(8-11)24-9-23-13/h5-6,8,10,12H,3-4,7,9H2,1-2H3,(H,18,19,20). The molecule has 24 heavy (non-hydrogen) atoms. The summed E-state index contributed by atoms with van der Waals surface area (Å²) in [7, 11) is 0. The van der Waals surface area contributed by atoms with Gasteiger partial charge in [0, 0.05) is 18.0 Å². The molecule has 0 radical (unpaired) electrons. The van der Waals surface area contributed by atoms with Gasteiger partial charge in [-0.25, -0.2) is 4.98 Å². The van der Waals surface area contributed by atoms with Gasteiger partial charge >= 0.3 is 0 Å². The van der Waals surface area contributed by atoms with E-state index in [2.05, 4.69) is 29.0 Å². The van der Waals surface area contributed by atoms with Crippen molar-refractivity contribution in [2.75, 3.05) is 13.3 Å². The molecule has 0 bridgehead atoms. The minimum absolute atomic E-state index is 0.0155. The van der Waals surface area contributed by atoms with Gasteiger partial charge in [-0.3, -0.25) is 9.89 Å². The lowest BCUT2D eigenvalue weighted by Crippen LogP contribution is -2.31. The number of likely N-dealkylation sites (tertiary alicyclic amines) is 1. The minimum Gasteiger partial charge on any atom is -0.454 e. The molecule has 0 spiro atoms. The molecule has 2 aromatic rings. The second-order valence-electron chi connectivity index (χ2n) is 6.46. The van der Waals surface area contributed by atoms with E-state index in [0.717, 1.165) is 31.0 Å². The zero-order valence-electron chi connectivity index (χ0n) is 13.8. The normalized spacial score (nSPS) is 19.3. The summed E-state index contributed by atoms with van der Waals surface area (Å²) in [6, 6.07) is 5.26. The van der Waals surface area contributed by atoms with Crippen LogP contribution in [0.4, 0.5) is 0 Å². The van der Waals surface area contributed by atoms with Crippen LogP contribution >= 0.6 is 0 Å². The zero-order valence-corrected chi connectivity index (χ0v) is 13.8. The Balaban J connectivity index is 1.58. The van der Waals surface area contributed by atoms with E-state index < -0.39 is 0 Å².